The highest BCUT2D eigenvalue weighted by atomic mass is 15.0. The molecule has 0 saturated heterocycles. The van der Waals surface area contributed by atoms with Gasteiger partial charge in [0, 0.05) is 38.7 Å². The molecule has 0 unspecified atom stereocenters. The van der Waals surface area contributed by atoms with Crippen LogP contribution < -0.4 is 0 Å². The summed E-state index contributed by atoms with van der Waals surface area (Å²) in [5.41, 5.74) is 14.9. The molecule has 0 saturated carbocycles. The van der Waals surface area contributed by atoms with Gasteiger partial charge in [0.1, 0.15) is 0 Å². The average Bonchev–Trinajstić information content (AvgIpc) is 3.99. The largest absolute Gasteiger partial charge is 0.309 e. The van der Waals surface area contributed by atoms with Gasteiger partial charge in [-0.15, -0.1) is 0 Å². The van der Waals surface area contributed by atoms with E-state index in [9.17, 15) is 0 Å². The lowest BCUT2D eigenvalue weighted by molar-refractivity contribution is 1.20. The smallest absolute Gasteiger partial charge is 0.0546 e. The molecule has 0 amide bonds. The maximum absolute atomic E-state index is 2.48. The van der Waals surface area contributed by atoms with Gasteiger partial charge in [-0.2, -0.15) is 0 Å². The molecule has 0 N–H and O–H groups in total. The minimum Gasteiger partial charge on any atom is -0.309 e. The lowest BCUT2D eigenvalue weighted by atomic mass is 9.98. The summed E-state index contributed by atoms with van der Waals surface area (Å²) >= 11 is 0. The minimum absolute atomic E-state index is 1.21. The van der Waals surface area contributed by atoms with Crippen LogP contribution in [0.3, 0.4) is 0 Å². The number of fused-ring (bicyclic) bond motifs is 15. The first-order chi connectivity index (χ1) is 30.3. The summed E-state index contributed by atoms with van der Waals surface area (Å²) in [6, 6.07) is 76.4. The molecule has 0 fully saturated rings. The SMILES string of the molecule is [CH]1c2c1c1c(-n3c4ccccc4c4cc(-c5ccc(-c6ccc7c(c6)c6ccccc6n7-c6cc7ccccc7c7ccccc67)cc5)ccc43)cccc1c1ccccc21. The van der Waals surface area contributed by atoms with E-state index in [0.717, 1.165) is 0 Å². The van der Waals surface area contributed by atoms with Crippen molar-refractivity contribution in [2.45, 2.75) is 0 Å². The van der Waals surface area contributed by atoms with Gasteiger partial charge in [-0.05, 0) is 114 Å². The van der Waals surface area contributed by atoms with Gasteiger partial charge in [0.15, 0.2) is 0 Å². The highest BCUT2D eigenvalue weighted by Gasteiger charge is 2.28. The molecule has 2 heterocycles. The van der Waals surface area contributed by atoms with Crippen molar-refractivity contribution in [3.8, 4) is 33.6 Å². The molecule has 61 heavy (non-hydrogen) atoms. The van der Waals surface area contributed by atoms with Gasteiger partial charge in [0.25, 0.3) is 0 Å². The lowest BCUT2D eigenvalue weighted by Gasteiger charge is -2.14. The molecule has 11 aromatic carbocycles. The van der Waals surface area contributed by atoms with Crippen molar-refractivity contribution < 1.29 is 0 Å². The van der Waals surface area contributed by atoms with E-state index in [1.54, 1.807) is 0 Å². The number of hydrogen-bond donors (Lipinski definition) is 0. The third-order valence-corrected chi connectivity index (χ3v) is 13.4. The van der Waals surface area contributed by atoms with E-state index < -0.39 is 0 Å². The van der Waals surface area contributed by atoms with Gasteiger partial charge < -0.3 is 9.13 Å². The first kappa shape index (κ1) is 33.0. The molecule has 1 radical (unpaired) electrons. The fourth-order valence-electron chi connectivity index (χ4n) is 10.6. The number of nitrogens with zero attached hydrogens (tertiary/aromatic N) is 2. The highest BCUT2D eigenvalue weighted by molar-refractivity contribution is 6.20. The maximum atomic E-state index is 2.48. The van der Waals surface area contributed by atoms with Crippen LogP contribution in [0.15, 0.2) is 206 Å². The lowest BCUT2D eigenvalue weighted by Crippen LogP contribution is -1.96. The summed E-state index contributed by atoms with van der Waals surface area (Å²) in [6.07, 6.45) is 2.36. The molecule has 1 aliphatic rings. The predicted molar refractivity (Wildman–Crippen MR) is 259 cm³/mol. The van der Waals surface area contributed by atoms with Crippen LogP contribution in [0.25, 0.3) is 120 Å². The van der Waals surface area contributed by atoms with Gasteiger partial charge in [0.05, 0.1) is 33.4 Å². The van der Waals surface area contributed by atoms with Gasteiger partial charge in [0.2, 0.25) is 0 Å². The van der Waals surface area contributed by atoms with Crippen LogP contribution in [0, 0.1) is 6.42 Å². The van der Waals surface area contributed by atoms with Crippen LogP contribution in [0.5, 0.6) is 0 Å². The summed E-state index contributed by atoms with van der Waals surface area (Å²) in [6.45, 7) is 0. The van der Waals surface area contributed by atoms with E-state index in [1.807, 2.05) is 0 Å². The van der Waals surface area contributed by atoms with E-state index in [1.165, 1.54) is 131 Å². The van der Waals surface area contributed by atoms with Crippen LogP contribution in [-0.4, -0.2) is 9.13 Å². The Kier molecular flexibility index (Phi) is 6.64. The summed E-state index contributed by atoms with van der Waals surface area (Å²) < 4.78 is 4.95. The Labute approximate surface area is 351 Å². The fourth-order valence-corrected chi connectivity index (χ4v) is 10.6. The Balaban J connectivity index is 0.876. The number of hydrogen-bond acceptors (Lipinski definition) is 0. The Morgan fingerprint density at radius 1 is 0.246 bits per heavy atom. The van der Waals surface area contributed by atoms with Crippen molar-refractivity contribution in [3.63, 3.8) is 0 Å². The average molecular weight is 772 g/mol. The fraction of sp³-hybridized carbons (Fsp3) is 0. The van der Waals surface area contributed by atoms with Crippen LogP contribution >= 0.6 is 0 Å². The van der Waals surface area contributed by atoms with Gasteiger partial charge in [-0.1, -0.05) is 158 Å². The van der Waals surface area contributed by atoms with E-state index in [4.69, 9.17) is 0 Å². The zero-order chi connectivity index (χ0) is 39.8. The van der Waals surface area contributed by atoms with Crippen LogP contribution in [-0.2, 0) is 0 Å². The highest BCUT2D eigenvalue weighted by Crippen LogP contribution is 2.48. The molecule has 281 valence electrons. The molecule has 2 aromatic heterocycles. The molecule has 0 atom stereocenters. The van der Waals surface area contributed by atoms with Gasteiger partial charge in [-0.3, -0.25) is 0 Å². The van der Waals surface area contributed by atoms with Crippen molar-refractivity contribution >= 4 is 86.7 Å². The number of aromatic nitrogens is 2. The Morgan fingerprint density at radius 3 is 1.34 bits per heavy atom. The van der Waals surface area contributed by atoms with Crippen molar-refractivity contribution in [1.29, 1.82) is 0 Å². The van der Waals surface area contributed by atoms with Crippen LogP contribution in [0.4, 0.5) is 0 Å². The molecule has 1 aliphatic carbocycles. The third-order valence-electron chi connectivity index (χ3n) is 13.4. The molecule has 0 bridgehead atoms. The summed E-state index contributed by atoms with van der Waals surface area (Å²) in [5, 5.41) is 15.4. The minimum atomic E-state index is 1.21. The van der Waals surface area contributed by atoms with Gasteiger partial charge in [-0.25, -0.2) is 0 Å². The molecule has 2 nitrogen and oxygen atoms in total. The zero-order valence-corrected chi connectivity index (χ0v) is 33.1. The van der Waals surface area contributed by atoms with Crippen LogP contribution in [0.2, 0.25) is 0 Å². The standard InChI is InChI=1S/C59H35N2/c1-2-13-41-40(12-1)34-58(45-17-6-5-14-42(41)45)61-54-22-10-8-19-47(54)51-33-39(29-31-56(51)61)37-26-24-36(25-27-37)38-28-30-55-50(32-38)46-18-7-9-21-53(46)60(55)57-23-11-20-48-43-15-3-4-16-44(43)49-35-52(49)59(48)57/h1-35H. The number of rotatable bonds is 4. The molecule has 0 spiro atoms. The van der Waals surface area contributed by atoms with Crippen molar-refractivity contribution in [2.75, 3.05) is 0 Å². The van der Waals surface area contributed by atoms with E-state index >= 15 is 0 Å². The quantitative estimate of drug-likeness (QED) is 0.158. The zero-order valence-electron chi connectivity index (χ0n) is 33.1. The van der Waals surface area contributed by atoms with Crippen molar-refractivity contribution in [2.24, 2.45) is 0 Å². The molecule has 0 aliphatic heterocycles. The van der Waals surface area contributed by atoms with Gasteiger partial charge >= 0.3 is 0 Å². The third kappa shape index (κ3) is 4.67. The maximum Gasteiger partial charge on any atom is 0.0546 e. The Bertz CT molecular complexity index is 4010. The molecule has 14 rings (SSSR count). The van der Waals surface area contributed by atoms with E-state index in [2.05, 4.69) is 222 Å². The molecule has 2 heteroatoms. The predicted octanol–water partition coefficient (Wildman–Crippen LogP) is 15.7. The van der Waals surface area contributed by atoms with Crippen molar-refractivity contribution in [1.82, 2.24) is 9.13 Å². The Morgan fingerprint density at radius 2 is 0.705 bits per heavy atom. The summed E-state index contributed by atoms with van der Waals surface area (Å²) in [5.74, 6) is 0. The second-order valence-corrected chi connectivity index (χ2v) is 16.6. The molecular weight excluding hydrogens is 737 g/mol. The second kappa shape index (κ2) is 12.3. The van der Waals surface area contributed by atoms with E-state index in [0.29, 0.717) is 0 Å². The summed E-state index contributed by atoms with van der Waals surface area (Å²) in [7, 11) is 0. The Hall–Kier alpha value is -7.94. The molecule has 13 aromatic rings. The summed E-state index contributed by atoms with van der Waals surface area (Å²) in [4.78, 5) is 0. The number of para-hydroxylation sites is 2. The normalized spacial score (nSPS) is 12.5. The first-order valence-corrected chi connectivity index (χ1v) is 21.2. The van der Waals surface area contributed by atoms with E-state index in [-0.39, 0.29) is 0 Å². The monoisotopic (exact) mass is 771 g/mol. The number of benzene rings is 11. The first-order valence-electron chi connectivity index (χ1n) is 21.2. The topological polar surface area (TPSA) is 9.86 Å². The second-order valence-electron chi connectivity index (χ2n) is 16.6. The van der Waals surface area contributed by atoms with Crippen LogP contribution in [0.1, 0.15) is 11.1 Å². The molecular formula is C59H35N2. The van der Waals surface area contributed by atoms with Crippen molar-refractivity contribution in [3.05, 3.63) is 224 Å².